The lowest BCUT2D eigenvalue weighted by Gasteiger charge is -2.58. The molecular weight excluding hydrogens is 424 g/mol. The van der Waals surface area contributed by atoms with Gasteiger partial charge < -0.3 is 19.3 Å². The van der Waals surface area contributed by atoms with Crippen molar-refractivity contribution in [3.05, 3.63) is 23.8 Å². The molecule has 3 fully saturated rings. The van der Waals surface area contributed by atoms with Crippen LogP contribution < -0.4 is 0 Å². The number of hydrogen-bond donors (Lipinski definition) is 1. The van der Waals surface area contributed by atoms with Crippen molar-refractivity contribution in [1.29, 1.82) is 0 Å². The number of fused-ring (bicyclic) bond motifs is 4. The molecule has 0 aromatic carbocycles. The van der Waals surface area contributed by atoms with Gasteiger partial charge in [-0.05, 0) is 54.9 Å². The Kier molecular flexibility index (Phi) is 7.42. The van der Waals surface area contributed by atoms with Crippen LogP contribution in [0.15, 0.2) is 23.8 Å². The van der Waals surface area contributed by atoms with Gasteiger partial charge in [-0.3, -0.25) is 14.4 Å². The molecule has 8 atom stereocenters. The number of allylic oxidation sites excluding steroid dienone is 2. The Morgan fingerprint density at radius 1 is 1.09 bits per heavy atom. The predicted octanol–water partition coefficient (Wildman–Crippen LogP) is 3.60. The quantitative estimate of drug-likeness (QED) is 0.334. The highest BCUT2D eigenvalue weighted by Crippen LogP contribution is 2.73. The summed E-state index contributed by atoms with van der Waals surface area (Å²) < 4.78 is 16.2. The zero-order valence-electron chi connectivity index (χ0n) is 20.6. The fourth-order valence-corrected chi connectivity index (χ4v) is 6.78. The van der Waals surface area contributed by atoms with Crippen molar-refractivity contribution in [2.24, 2.45) is 35.0 Å². The summed E-state index contributed by atoms with van der Waals surface area (Å²) in [5.74, 6) is 1.11. The minimum Gasteiger partial charge on any atom is -0.462 e. The first kappa shape index (κ1) is 25.5. The average molecular weight is 463 g/mol. The maximum Gasteiger partial charge on any atom is 0.302 e. The van der Waals surface area contributed by atoms with E-state index in [4.69, 9.17) is 14.2 Å². The highest BCUT2D eigenvalue weighted by Gasteiger charge is 2.71. The number of aliphatic hydroxyl groups is 1. The minimum atomic E-state index is -1.32. The van der Waals surface area contributed by atoms with Gasteiger partial charge in [-0.25, -0.2) is 0 Å². The summed E-state index contributed by atoms with van der Waals surface area (Å²) in [6.07, 6.45) is 8.07. The van der Waals surface area contributed by atoms with Crippen LogP contribution in [0.1, 0.15) is 60.8 Å². The van der Waals surface area contributed by atoms with Gasteiger partial charge in [0.15, 0.2) is 0 Å². The Morgan fingerprint density at radius 2 is 1.76 bits per heavy atom. The van der Waals surface area contributed by atoms with E-state index in [1.165, 1.54) is 27.2 Å². The van der Waals surface area contributed by atoms with E-state index in [9.17, 15) is 19.5 Å². The molecule has 0 spiro atoms. The standard InChI is InChI=1S/C26H38O7/c1-15-9-10-21-23(15)24-20(12-22(26(21,24)6)33-18(4)29)19(13-31-16(2)27)8-7-11-25(5,30)14-32-17(3)28/h7-8,11,15,20-24,30H,9-10,12-14H2,1-6H3. The van der Waals surface area contributed by atoms with E-state index in [1.54, 1.807) is 19.1 Å². The molecule has 7 heteroatoms. The third-order valence-electron chi connectivity index (χ3n) is 8.14. The molecule has 0 radical (unpaired) electrons. The fourth-order valence-electron chi connectivity index (χ4n) is 6.78. The second kappa shape index (κ2) is 9.61. The molecule has 7 nitrogen and oxygen atoms in total. The second-order valence-corrected chi connectivity index (χ2v) is 10.6. The topological polar surface area (TPSA) is 99.1 Å². The molecule has 184 valence electrons. The molecule has 0 bridgehead atoms. The van der Waals surface area contributed by atoms with E-state index in [1.807, 2.05) is 6.08 Å². The molecule has 3 rings (SSSR count). The third-order valence-corrected chi connectivity index (χ3v) is 8.14. The Balaban J connectivity index is 1.88. The van der Waals surface area contributed by atoms with E-state index in [2.05, 4.69) is 13.8 Å². The van der Waals surface area contributed by atoms with E-state index < -0.39 is 11.6 Å². The van der Waals surface area contributed by atoms with Gasteiger partial charge in [0.1, 0.15) is 24.9 Å². The molecule has 0 saturated heterocycles. The first-order valence-corrected chi connectivity index (χ1v) is 11.9. The van der Waals surface area contributed by atoms with Crippen molar-refractivity contribution in [3.63, 3.8) is 0 Å². The van der Waals surface area contributed by atoms with Crippen molar-refractivity contribution in [2.45, 2.75) is 72.5 Å². The summed E-state index contributed by atoms with van der Waals surface area (Å²) >= 11 is 0. The molecule has 3 aliphatic rings. The molecular formula is C26H38O7. The Hall–Kier alpha value is -2.15. The smallest absolute Gasteiger partial charge is 0.302 e. The minimum absolute atomic E-state index is 0.0778. The van der Waals surface area contributed by atoms with E-state index in [-0.39, 0.29) is 42.6 Å². The van der Waals surface area contributed by atoms with Gasteiger partial charge in [0.2, 0.25) is 0 Å². The van der Waals surface area contributed by atoms with Gasteiger partial charge in [0, 0.05) is 26.2 Å². The van der Waals surface area contributed by atoms with Crippen molar-refractivity contribution in [1.82, 2.24) is 0 Å². The highest BCUT2D eigenvalue weighted by molar-refractivity contribution is 5.67. The number of ether oxygens (including phenoxy) is 3. The number of rotatable bonds is 8. The molecule has 0 aromatic heterocycles. The number of esters is 3. The average Bonchev–Trinajstić information content (AvgIpc) is 3.14. The van der Waals surface area contributed by atoms with Crippen LogP contribution in [-0.2, 0) is 28.6 Å². The van der Waals surface area contributed by atoms with E-state index in [0.717, 1.165) is 12.0 Å². The second-order valence-electron chi connectivity index (χ2n) is 10.6. The van der Waals surface area contributed by atoms with Gasteiger partial charge in [-0.2, -0.15) is 0 Å². The molecule has 3 aliphatic carbocycles. The molecule has 3 saturated carbocycles. The largest absolute Gasteiger partial charge is 0.462 e. The maximum absolute atomic E-state index is 11.9. The maximum atomic E-state index is 11.9. The lowest BCUT2D eigenvalue weighted by molar-refractivity contribution is -0.177. The number of hydrogen-bond acceptors (Lipinski definition) is 7. The Labute approximate surface area is 196 Å². The summed E-state index contributed by atoms with van der Waals surface area (Å²) in [4.78, 5) is 34.5. The highest BCUT2D eigenvalue weighted by atomic mass is 16.5. The summed E-state index contributed by atoms with van der Waals surface area (Å²) in [5, 5.41) is 10.5. The number of carbonyl (C=O) groups is 3. The van der Waals surface area contributed by atoms with Crippen molar-refractivity contribution in [3.8, 4) is 0 Å². The summed E-state index contributed by atoms with van der Waals surface area (Å²) in [6.45, 7) is 10.3. The van der Waals surface area contributed by atoms with Crippen LogP contribution in [-0.4, -0.2) is 47.9 Å². The molecule has 0 amide bonds. The zero-order chi connectivity index (χ0) is 24.6. The zero-order valence-corrected chi connectivity index (χ0v) is 20.6. The van der Waals surface area contributed by atoms with Crippen LogP contribution in [0.2, 0.25) is 0 Å². The van der Waals surface area contributed by atoms with Crippen molar-refractivity contribution < 1.29 is 33.7 Å². The molecule has 8 unspecified atom stereocenters. The molecule has 1 N–H and O–H groups in total. The van der Waals surface area contributed by atoms with Crippen LogP contribution in [0.5, 0.6) is 0 Å². The summed E-state index contributed by atoms with van der Waals surface area (Å²) in [5.41, 5.74) is -0.445. The lowest BCUT2D eigenvalue weighted by atomic mass is 9.46. The van der Waals surface area contributed by atoms with Crippen molar-refractivity contribution in [2.75, 3.05) is 13.2 Å². The van der Waals surface area contributed by atoms with E-state index in [0.29, 0.717) is 30.1 Å². The van der Waals surface area contributed by atoms with Crippen LogP contribution in [0.25, 0.3) is 0 Å². The molecule has 0 aromatic rings. The van der Waals surface area contributed by atoms with Crippen LogP contribution in [0.3, 0.4) is 0 Å². The van der Waals surface area contributed by atoms with Crippen LogP contribution in [0, 0.1) is 35.0 Å². The summed E-state index contributed by atoms with van der Waals surface area (Å²) in [6, 6.07) is 0. The van der Waals surface area contributed by atoms with Gasteiger partial charge in [0.25, 0.3) is 0 Å². The Morgan fingerprint density at radius 3 is 2.36 bits per heavy atom. The van der Waals surface area contributed by atoms with Crippen LogP contribution in [0.4, 0.5) is 0 Å². The first-order chi connectivity index (χ1) is 15.4. The normalized spacial score (nSPS) is 37.0. The van der Waals surface area contributed by atoms with E-state index >= 15 is 0 Å². The summed E-state index contributed by atoms with van der Waals surface area (Å²) in [7, 11) is 0. The Bertz CT molecular complexity index is 842. The first-order valence-electron chi connectivity index (χ1n) is 11.9. The van der Waals surface area contributed by atoms with Gasteiger partial charge in [0.05, 0.1) is 0 Å². The van der Waals surface area contributed by atoms with Gasteiger partial charge in [-0.1, -0.05) is 38.5 Å². The van der Waals surface area contributed by atoms with Crippen molar-refractivity contribution >= 4 is 17.9 Å². The molecule has 33 heavy (non-hydrogen) atoms. The predicted molar refractivity (Wildman–Crippen MR) is 122 cm³/mol. The number of carbonyl (C=O) groups excluding carboxylic acids is 3. The van der Waals surface area contributed by atoms with Gasteiger partial charge >= 0.3 is 17.9 Å². The molecule has 0 heterocycles. The lowest BCUT2D eigenvalue weighted by Crippen LogP contribution is -2.57. The monoisotopic (exact) mass is 462 g/mol. The fraction of sp³-hybridized carbons (Fsp3) is 0.731. The SMILES string of the molecule is CC(=O)OCC(=CC=CC(C)(O)COC(C)=O)C1CC(OC(C)=O)C2(C)C3CCC(C)C3C12. The third kappa shape index (κ3) is 5.18. The van der Waals surface area contributed by atoms with Gasteiger partial charge in [-0.15, -0.1) is 0 Å². The van der Waals surface area contributed by atoms with Crippen LogP contribution >= 0.6 is 0 Å². The molecule has 0 aliphatic heterocycles.